The number of allylic oxidation sites excluding steroid dienone is 6. The molecule has 346 valence electrons. The number of ether oxygens (including phenoxy) is 1. The minimum atomic E-state index is -0.794. The SMILES string of the molecule is CCCCC/C=C\C/C=C\C/C=C\CCCCC(CC(=O)NC(CO)C(O)CCCCCCCCCCCCC)OC(=O)CCCCCCCCCCCCCCCC. The Morgan fingerprint density at radius 2 is 0.864 bits per heavy atom. The number of hydrogen-bond acceptors (Lipinski definition) is 5. The number of rotatable bonds is 46. The van der Waals surface area contributed by atoms with Crippen LogP contribution in [0.2, 0.25) is 0 Å². The lowest BCUT2D eigenvalue weighted by atomic mass is 10.0. The van der Waals surface area contributed by atoms with Crippen LogP contribution in [0.15, 0.2) is 36.5 Å². The van der Waals surface area contributed by atoms with Crippen molar-refractivity contribution in [1.82, 2.24) is 5.32 Å². The number of aliphatic hydroxyl groups is 2. The summed E-state index contributed by atoms with van der Waals surface area (Å²) in [6.07, 6.45) is 54.9. The molecule has 1 amide bonds. The molecule has 3 N–H and O–H groups in total. The van der Waals surface area contributed by atoms with Gasteiger partial charge in [-0.25, -0.2) is 0 Å². The molecule has 0 spiro atoms. The van der Waals surface area contributed by atoms with Crippen LogP contribution in [0, 0.1) is 0 Å². The van der Waals surface area contributed by atoms with Gasteiger partial charge in [0.1, 0.15) is 6.10 Å². The fourth-order valence-electron chi connectivity index (χ4n) is 7.79. The van der Waals surface area contributed by atoms with Crippen molar-refractivity contribution in [2.24, 2.45) is 0 Å². The van der Waals surface area contributed by atoms with Crippen LogP contribution in [0.5, 0.6) is 0 Å². The van der Waals surface area contributed by atoms with Crippen molar-refractivity contribution in [3.63, 3.8) is 0 Å². The number of hydrogen-bond donors (Lipinski definition) is 3. The van der Waals surface area contributed by atoms with E-state index in [9.17, 15) is 19.8 Å². The minimum absolute atomic E-state index is 0.0554. The maximum atomic E-state index is 13.2. The van der Waals surface area contributed by atoms with E-state index in [0.29, 0.717) is 19.3 Å². The van der Waals surface area contributed by atoms with Crippen molar-refractivity contribution in [2.45, 2.75) is 283 Å². The first-order chi connectivity index (χ1) is 29.0. The zero-order valence-electron chi connectivity index (χ0n) is 39.4. The highest BCUT2D eigenvalue weighted by Crippen LogP contribution is 2.17. The van der Waals surface area contributed by atoms with Crippen LogP contribution in [-0.4, -0.2) is 46.9 Å². The maximum Gasteiger partial charge on any atom is 0.306 e. The van der Waals surface area contributed by atoms with E-state index in [1.54, 1.807) is 0 Å². The van der Waals surface area contributed by atoms with Crippen LogP contribution in [0.25, 0.3) is 0 Å². The molecular formula is C53H99NO5. The van der Waals surface area contributed by atoms with E-state index in [1.165, 1.54) is 148 Å². The molecule has 0 aliphatic carbocycles. The first kappa shape index (κ1) is 57.1. The quantitative estimate of drug-likeness (QED) is 0.0323. The fraction of sp³-hybridized carbons (Fsp3) is 0.849. The zero-order chi connectivity index (χ0) is 43.1. The Hall–Kier alpha value is -1.92. The number of nitrogens with one attached hydrogen (secondary N) is 1. The molecule has 3 unspecified atom stereocenters. The van der Waals surface area contributed by atoms with Gasteiger partial charge in [-0.2, -0.15) is 0 Å². The highest BCUT2D eigenvalue weighted by molar-refractivity contribution is 5.77. The second kappa shape index (κ2) is 47.1. The summed E-state index contributed by atoms with van der Waals surface area (Å²) in [5, 5.41) is 23.7. The summed E-state index contributed by atoms with van der Waals surface area (Å²) in [7, 11) is 0. The van der Waals surface area contributed by atoms with Crippen LogP contribution < -0.4 is 5.32 Å². The lowest BCUT2D eigenvalue weighted by Gasteiger charge is -2.24. The van der Waals surface area contributed by atoms with Crippen LogP contribution in [0.3, 0.4) is 0 Å². The van der Waals surface area contributed by atoms with Crippen molar-refractivity contribution in [3.05, 3.63) is 36.5 Å². The highest BCUT2D eigenvalue weighted by atomic mass is 16.5. The molecule has 0 saturated heterocycles. The van der Waals surface area contributed by atoms with Gasteiger partial charge in [0.25, 0.3) is 0 Å². The second-order valence-corrected chi connectivity index (χ2v) is 17.6. The molecule has 0 radical (unpaired) electrons. The molecule has 0 aromatic heterocycles. The summed E-state index contributed by atoms with van der Waals surface area (Å²) < 4.78 is 5.92. The van der Waals surface area contributed by atoms with E-state index in [0.717, 1.165) is 70.6 Å². The van der Waals surface area contributed by atoms with Crippen molar-refractivity contribution < 1.29 is 24.5 Å². The Bertz CT molecular complexity index is 977. The largest absolute Gasteiger partial charge is 0.462 e. The normalized spacial score (nSPS) is 13.5. The number of carbonyl (C=O) groups excluding carboxylic acids is 2. The molecule has 0 saturated carbocycles. The van der Waals surface area contributed by atoms with Crippen LogP contribution >= 0.6 is 0 Å². The third-order valence-electron chi connectivity index (χ3n) is 11.7. The lowest BCUT2D eigenvalue weighted by molar-refractivity contribution is -0.151. The van der Waals surface area contributed by atoms with Gasteiger partial charge in [0.2, 0.25) is 5.91 Å². The molecule has 0 aliphatic heterocycles. The average Bonchev–Trinajstić information content (AvgIpc) is 3.23. The number of esters is 1. The lowest BCUT2D eigenvalue weighted by Crippen LogP contribution is -2.46. The van der Waals surface area contributed by atoms with E-state index in [-0.39, 0.29) is 24.9 Å². The average molecular weight is 830 g/mol. The van der Waals surface area contributed by atoms with Gasteiger partial charge in [0.15, 0.2) is 0 Å². The van der Waals surface area contributed by atoms with Crippen molar-refractivity contribution in [2.75, 3.05) is 6.61 Å². The molecule has 59 heavy (non-hydrogen) atoms. The summed E-state index contributed by atoms with van der Waals surface area (Å²) in [4.78, 5) is 26.1. The third-order valence-corrected chi connectivity index (χ3v) is 11.7. The summed E-state index contributed by atoms with van der Waals surface area (Å²) in [6, 6.07) is -0.710. The molecule has 0 fully saturated rings. The van der Waals surface area contributed by atoms with Gasteiger partial charge in [0.05, 0.1) is 25.2 Å². The van der Waals surface area contributed by atoms with Gasteiger partial charge in [0, 0.05) is 6.42 Å². The fourth-order valence-corrected chi connectivity index (χ4v) is 7.79. The van der Waals surface area contributed by atoms with Crippen LogP contribution in [0.1, 0.15) is 265 Å². The second-order valence-electron chi connectivity index (χ2n) is 17.6. The van der Waals surface area contributed by atoms with Gasteiger partial charge in [-0.15, -0.1) is 0 Å². The van der Waals surface area contributed by atoms with Crippen molar-refractivity contribution in [3.8, 4) is 0 Å². The van der Waals surface area contributed by atoms with E-state index in [1.807, 2.05) is 0 Å². The monoisotopic (exact) mass is 830 g/mol. The van der Waals surface area contributed by atoms with Gasteiger partial charge < -0.3 is 20.3 Å². The third kappa shape index (κ3) is 42.6. The zero-order valence-corrected chi connectivity index (χ0v) is 39.4. The Kier molecular flexibility index (Phi) is 45.6. The van der Waals surface area contributed by atoms with Crippen molar-refractivity contribution >= 4 is 11.9 Å². The van der Waals surface area contributed by atoms with Crippen LogP contribution in [0.4, 0.5) is 0 Å². The maximum absolute atomic E-state index is 13.2. The summed E-state index contributed by atoms with van der Waals surface area (Å²) in [6.45, 7) is 6.45. The molecular weight excluding hydrogens is 731 g/mol. The summed E-state index contributed by atoms with van der Waals surface area (Å²) in [5.74, 6) is -0.502. The smallest absolute Gasteiger partial charge is 0.306 e. The standard InChI is InChI=1S/C53H99NO5/c1-4-7-10-13-16-19-22-24-26-27-30-32-35-38-41-44-49(59-53(58)46-43-40-37-34-31-28-25-23-20-17-14-11-8-5-2)47-52(57)54-50(48-55)51(56)45-42-39-36-33-29-21-18-15-12-9-6-3/h16,19,24,26,30,32,49-51,55-56H,4-15,17-18,20-23,25,27-29,31,33-48H2,1-3H3,(H,54,57)/b19-16-,26-24-,32-30-. The minimum Gasteiger partial charge on any atom is -0.462 e. The van der Waals surface area contributed by atoms with E-state index in [2.05, 4.69) is 62.5 Å². The number of carbonyl (C=O) groups is 2. The highest BCUT2D eigenvalue weighted by Gasteiger charge is 2.24. The van der Waals surface area contributed by atoms with Gasteiger partial charge in [-0.3, -0.25) is 9.59 Å². The van der Waals surface area contributed by atoms with E-state index < -0.39 is 18.2 Å². The number of aliphatic hydroxyl groups excluding tert-OH is 2. The molecule has 0 heterocycles. The predicted octanol–water partition coefficient (Wildman–Crippen LogP) is 15.3. The number of unbranched alkanes of at least 4 members (excludes halogenated alkanes) is 28. The molecule has 0 aromatic rings. The van der Waals surface area contributed by atoms with Gasteiger partial charge in [-0.05, 0) is 64.2 Å². The Labute approximate surface area is 366 Å². The van der Waals surface area contributed by atoms with Crippen molar-refractivity contribution in [1.29, 1.82) is 0 Å². The molecule has 6 heteroatoms. The Morgan fingerprint density at radius 3 is 1.32 bits per heavy atom. The first-order valence-electron chi connectivity index (χ1n) is 25.7. The predicted molar refractivity (Wildman–Crippen MR) is 255 cm³/mol. The van der Waals surface area contributed by atoms with Gasteiger partial charge in [-0.1, -0.05) is 224 Å². The summed E-state index contributed by atoms with van der Waals surface area (Å²) in [5.41, 5.74) is 0. The molecule has 0 rings (SSSR count). The molecule has 3 atom stereocenters. The molecule has 0 bridgehead atoms. The Morgan fingerprint density at radius 1 is 0.492 bits per heavy atom. The summed E-state index contributed by atoms with van der Waals surface area (Å²) >= 11 is 0. The number of amides is 1. The molecule has 0 aliphatic rings. The van der Waals surface area contributed by atoms with Gasteiger partial charge >= 0.3 is 5.97 Å². The van der Waals surface area contributed by atoms with E-state index >= 15 is 0 Å². The van der Waals surface area contributed by atoms with E-state index in [4.69, 9.17) is 4.74 Å². The molecule has 6 nitrogen and oxygen atoms in total. The first-order valence-corrected chi connectivity index (χ1v) is 25.7. The molecule has 0 aromatic carbocycles. The Balaban J connectivity index is 4.64. The van der Waals surface area contributed by atoms with Crippen LogP contribution in [-0.2, 0) is 14.3 Å². The topological polar surface area (TPSA) is 95.9 Å².